The van der Waals surface area contributed by atoms with Gasteiger partial charge in [-0.3, -0.25) is 0 Å². The SMILES string of the molecule is C=C/C=C\C=C(/C)c1nc(-c2ccccc2)nc(-c2cccc3oc4ccc(-c5ccc6c(c5)c5ccc7c8ccccc8n(-c8ccccc8)c7c5n6-c5ccccc5)cc4c23)n1. The number of aromatic nitrogens is 5. The van der Waals surface area contributed by atoms with Crippen LogP contribution in [-0.4, -0.2) is 24.1 Å². The molecule has 0 N–H and O–H groups in total. The first kappa shape index (κ1) is 37.2. The Morgan fingerprint density at radius 3 is 1.81 bits per heavy atom. The van der Waals surface area contributed by atoms with Crippen LogP contribution in [-0.2, 0) is 0 Å². The maximum atomic E-state index is 6.55. The maximum Gasteiger partial charge on any atom is 0.164 e. The second-order valence-corrected chi connectivity index (χ2v) is 16.1. The van der Waals surface area contributed by atoms with Crippen molar-refractivity contribution in [1.82, 2.24) is 24.1 Å². The minimum Gasteiger partial charge on any atom is -0.456 e. The largest absolute Gasteiger partial charge is 0.456 e. The lowest BCUT2D eigenvalue weighted by Crippen LogP contribution is -2.02. The van der Waals surface area contributed by atoms with Gasteiger partial charge in [-0.25, -0.2) is 15.0 Å². The van der Waals surface area contributed by atoms with Crippen molar-refractivity contribution >= 4 is 71.1 Å². The second-order valence-electron chi connectivity index (χ2n) is 16.1. The van der Waals surface area contributed by atoms with Gasteiger partial charge in [0.05, 0.1) is 22.1 Å². The molecular weight excluding hydrogens is 783 g/mol. The fraction of sp³-hybridized carbons (Fsp3) is 0.0172. The molecule has 0 saturated heterocycles. The molecule has 0 fully saturated rings. The summed E-state index contributed by atoms with van der Waals surface area (Å²) in [6.45, 7) is 5.83. The molecule has 0 unspecified atom stereocenters. The zero-order chi connectivity index (χ0) is 42.7. The third-order valence-corrected chi connectivity index (χ3v) is 12.3. The Morgan fingerprint density at radius 1 is 0.484 bits per heavy atom. The summed E-state index contributed by atoms with van der Waals surface area (Å²) >= 11 is 0. The number of benzene rings is 8. The van der Waals surface area contributed by atoms with Gasteiger partial charge in [0.2, 0.25) is 0 Å². The molecule has 0 spiro atoms. The molecule has 6 heteroatoms. The fourth-order valence-electron chi connectivity index (χ4n) is 9.36. The van der Waals surface area contributed by atoms with Gasteiger partial charge in [-0.05, 0) is 84.3 Å². The van der Waals surface area contributed by atoms with Crippen LogP contribution in [0.2, 0.25) is 0 Å². The Bertz CT molecular complexity index is 3850. The van der Waals surface area contributed by atoms with Crippen LogP contribution >= 0.6 is 0 Å². The summed E-state index contributed by atoms with van der Waals surface area (Å²) in [5.74, 6) is 1.79. The quantitative estimate of drug-likeness (QED) is 0.143. The molecular formula is C58H39N5O. The van der Waals surface area contributed by atoms with E-state index in [1.165, 1.54) is 38.1 Å². The molecule has 4 aromatic heterocycles. The summed E-state index contributed by atoms with van der Waals surface area (Å²) in [4.78, 5) is 15.1. The third-order valence-electron chi connectivity index (χ3n) is 12.3. The van der Waals surface area contributed by atoms with E-state index in [1.807, 2.05) is 67.6 Å². The Hall–Kier alpha value is -8.61. The summed E-state index contributed by atoms with van der Waals surface area (Å²) in [7, 11) is 0. The van der Waals surface area contributed by atoms with Crippen molar-refractivity contribution in [1.29, 1.82) is 0 Å². The van der Waals surface area contributed by atoms with Gasteiger partial charge in [0.15, 0.2) is 17.5 Å². The van der Waals surface area contributed by atoms with Crippen LogP contribution in [0.25, 0.3) is 116 Å². The van der Waals surface area contributed by atoms with E-state index in [0.717, 1.165) is 66.7 Å². The van der Waals surface area contributed by atoms with Crippen LogP contribution in [0.3, 0.4) is 0 Å². The molecule has 12 rings (SSSR count). The smallest absolute Gasteiger partial charge is 0.164 e. The molecule has 0 bridgehead atoms. The minimum absolute atomic E-state index is 0.581. The number of para-hydroxylation sites is 3. The van der Waals surface area contributed by atoms with Gasteiger partial charge in [0, 0.05) is 54.8 Å². The number of nitrogens with zero attached hydrogens (tertiary/aromatic N) is 5. The summed E-state index contributed by atoms with van der Waals surface area (Å²) in [6, 6.07) is 64.3. The number of hydrogen-bond acceptors (Lipinski definition) is 4. The van der Waals surface area contributed by atoms with Crippen LogP contribution in [0, 0.1) is 0 Å². The molecule has 12 aromatic rings. The molecule has 0 aliphatic rings. The summed E-state index contributed by atoms with van der Waals surface area (Å²) in [6.07, 6.45) is 7.59. The molecule has 0 radical (unpaired) electrons. The van der Waals surface area contributed by atoms with E-state index in [1.54, 1.807) is 6.08 Å². The molecule has 6 nitrogen and oxygen atoms in total. The molecule has 302 valence electrons. The topological polar surface area (TPSA) is 61.7 Å². The van der Waals surface area contributed by atoms with Crippen molar-refractivity contribution in [3.63, 3.8) is 0 Å². The van der Waals surface area contributed by atoms with E-state index >= 15 is 0 Å². The van der Waals surface area contributed by atoms with E-state index in [0.29, 0.717) is 17.5 Å². The molecule has 4 heterocycles. The first-order valence-corrected chi connectivity index (χ1v) is 21.5. The van der Waals surface area contributed by atoms with E-state index < -0.39 is 0 Å². The Kier molecular flexibility index (Phi) is 8.76. The predicted molar refractivity (Wildman–Crippen MR) is 265 cm³/mol. The number of rotatable bonds is 8. The van der Waals surface area contributed by atoms with Crippen LogP contribution in [0.1, 0.15) is 12.7 Å². The molecule has 64 heavy (non-hydrogen) atoms. The lowest BCUT2D eigenvalue weighted by molar-refractivity contribution is 0.669. The standard InChI is InChI=1S/C58H39N5O/c1-3-4-8-18-37(2)56-59-57(38-19-9-5-10-20-38)61-58(60-56)46-26-17-28-52-53(46)48-36-40(30-34-51(48)64-52)39-29-33-50-47(35-39)45-32-31-44-43-25-15-16-27-49(43)62(41-21-11-6-12-22-41)54(44)55(45)63(50)42-23-13-7-14-24-42/h3-36H,1H2,2H3/b8-4-,37-18+. The molecule has 0 aliphatic heterocycles. The van der Waals surface area contributed by atoms with Crippen molar-refractivity contribution in [2.75, 3.05) is 0 Å². The zero-order valence-electron chi connectivity index (χ0n) is 35.0. The highest BCUT2D eigenvalue weighted by Gasteiger charge is 2.23. The first-order chi connectivity index (χ1) is 31.6. The van der Waals surface area contributed by atoms with Crippen LogP contribution in [0.5, 0.6) is 0 Å². The fourth-order valence-corrected chi connectivity index (χ4v) is 9.36. The number of furan rings is 1. The summed E-state index contributed by atoms with van der Waals surface area (Å²) in [5.41, 5.74) is 13.4. The second kappa shape index (κ2) is 15.1. The number of allylic oxidation sites excluding steroid dienone is 5. The summed E-state index contributed by atoms with van der Waals surface area (Å²) < 4.78 is 11.4. The van der Waals surface area contributed by atoms with Crippen LogP contribution < -0.4 is 0 Å². The molecule has 0 amide bonds. The summed E-state index contributed by atoms with van der Waals surface area (Å²) in [5, 5.41) is 6.77. The first-order valence-electron chi connectivity index (χ1n) is 21.5. The van der Waals surface area contributed by atoms with E-state index in [2.05, 4.69) is 155 Å². The highest BCUT2D eigenvalue weighted by atomic mass is 16.3. The van der Waals surface area contributed by atoms with Crippen molar-refractivity contribution in [3.05, 3.63) is 219 Å². The number of hydrogen-bond donors (Lipinski definition) is 0. The van der Waals surface area contributed by atoms with Crippen molar-refractivity contribution in [3.8, 4) is 45.3 Å². The van der Waals surface area contributed by atoms with Gasteiger partial charge in [0.25, 0.3) is 0 Å². The monoisotopic (exact) mass is 821 g/mol. The average Bonchev–Trinajstić information content (AvgIpc) is 4.02. The maximum absolute atomic E-state index is 6.55. The van der Waals surface area contributed by atoms with E-state index in [-0.39, 0.29) is 0 Å². The predicted octanol–water partition coefficient (Wildman–Crippen LogP) is 15.1. The number of fused-ring (bicyclic) bond motifs is 10. The van der Waals surface area contributed by atoms with Crippen molar-refractivity contribution < 1.29 is 4.42 Å². The lowest BCUT2D eigenvalue weighted by atomic mass is 9.99. The Labute approximate surface area is 369 Å². The van der Waals surface area contributed by atoms with Gasteiger partial charge in [-0.15, -0.1) is 0 Å². The van der Waals surface area contributed by atoms with E-state index in [9.17, 15) is 0 Å². The van der Waals surface area contributed by atoms with Gasteiger partial charge in [0.1, 0.15) is 11.2 Å². The highest BCUT2D eigenvalue weighted by Crippen LogP contribution is 2.44. The molecule has 0 aliphatic carbocycles. The average molecular weight is 822 g/mol. The van der Waals surface area contributed by atoms with Gasteiger partial charge in [-0.2, -0.15) is 0 Å². The Balaban J connectivity index is 1.08. The van der Waals surface area contributed by atoms with Crippen LogP contribution in [0.15, 0.2) is 217 Å². The minimum atomic E-state index is 0.581. The van der Waals surface area contributed by atoms with Crippen molar-refractivity contribution in [2.24, 2.45) is 0 Å². The lowest BCUT2D eigenvalue weighted by Gasteiger charge is -2.12. The molecule has 8 aromatic carbocycles. The Morgan fingerprint density at radius 2 is 1.09 bits per heavy atom. The van der Waals surface area contributed by atoms with Crippen molar-refractivity contribution in [2.45, 2.75) is 6.92 Å². The van der Waals surface area contributed by atoms with Crippen LogP contribution in [0.4, 0.5) is 0 Å². The van der Waals surface area contributed by atoms with Gasteiger partial charge >= 0.3 is 0 Å². The molecule has 0 saturated carbocycles. The normalized spacial score (nSPS) is 12.2. The highest BCUT2D eigenvalue weighted by molar-refractivity contribution is 6.24. The third kappa shape index (κ3) is 5.99. The van der Waals surface area contributed by atoms with Gasteiger partial charge < -0.3 is 13.6 Å². The molecule has 0 atom stereocenters. The van der Waals surface area contributed by atoms with E-state index in [4.69, 9.17) is 19.4 Å². The van der Waals surface area contributed by atoms with Gasteiger partial charge in [-0.1, -0.05) is 152 Å². The zero-order valence-corrected chi connectivity index (χ0v) is 35.0.